The summed E-state index contributed by atoms with van der Waals surface area (Å²) in [6.45, 7) is 0. The van der Waals surface area contributed by atoms with E-state index in [4.69, 9.17) is 0 Å². The summed E-state index contributed by atoms with van der Waals surface area (Å²) in [5, 5.41) is 6.19. The molecule has 0 radical (unpaired) electrons. The molecule has 0 unspecified atom stereocenters. The van der Waals surface area contributed by atoms with Crippen LogP contribution in [0.15, 0.2) is 18.0 Å². The highest BCUT2D eigenvalue weighted by atomic mass is 32.1. The molecule has 2 heterocycles. The second-order valence-electron chi connectivity index (χ2n) is 2.01. The van der Waals surface area contributed by atoms with Crippen LogP contribution < -0.4 is 0 Å². The Balaban J connectivity index is 2.41. The maximum absolute atomic E-state index is 10.3. The van der Waals surface area contributed by atoms with Gasteiger partial charge in [-0.15, -0.1) is 11.3 Å². The summed E-state index contributed by atoms with van der Waals surface area (Å²) in [5.41, 5.74) is 0.422. The van der Waals surface area contributed by atoms with Crippen molar-refractivity contribution in [3.05, 3.63) is 23.7 Å². The zero-order valence-electron chi connectivity index (χ0n) is 5.91. The highest BCUT2D eigenvalue weighted by Crippen LogP contribution is 2.11. The molecule has 0 aliphatic heterocycles. The van der Waals surface area contributed by atoms with Gasteiger partial charge in [-0.3, -0.25) is 4.79 Å². The zero-order chi connectivity index (χ0) is 8.39. The molecular formula is C6H4N4OS. The summed E-state index contributed by atoms with van der Waals surface area (Å²) in [7, 11) is 0. The Hall–Kier alpha value is -1.56. The van der Waals surface area contributed by atoms with E-state index in [0.717, 1.165) is 0 Å². The fraction of sp³-hybridized carbons (Fsp3) is 0. The first-order valence-electron chi connectivity index (χ1n) is 3.16. The lowest BCUT2D eigenvalue weighted by atomic mass is 10.6. The largest absolute Gasteiger partial charge is 0.296 e. The van der Waals surface area contributed by atoms with Crippen molar-refractivity contribution in [1.29, 1.82) is 0 Å². The lowest BCUT2D eigenvalue weighted by molar-refractivity contribution is 0.111. The molecule has 0 aliphatic carbocycles. The van der Waals surface area contributed by atoms with E-state index in [1.807, 2.05) is 0 Å². The molecular weight excluding hydrogens is 176 g/mol. The highest BCUT2D eigenvalue weighted by Gasteiger charge is 2.02. The number of aldehydes is 1. The number of carbonyl (C=O) groups excluding carboxylic acids is 1. The van der Waals surface area contributed by atoms with Crippen LogP contribution in [0.1, 0.15) is 10.5 Å². The molecule has 0 atom stereocenters. The smallest absolute Gasteiger partial charge is 0.212 e. The van der Waals surface area contributed by atoms with Crippen LogP contribution in [0.5, 0.6) is 0 Å². The molecule has 2 aromatic rings. The maximum Gasteiger partial charge on any atom is 0.212 e. The molecule has 6 heteroatoms. The molecule has 2 aromatic heterocycles. The minimum Gasteiger partial charge on any atom is -0.296 e. The minimum absolute atomic E-state index is 0.422. The van der Waals surface area contributed by atoms with Gasteiger partial charge in [-0.2, -0.15) is 9.78 Å². The van der Waals surface area contributed by atoms with Gasteiger partial charge in [-0.05, 0) is 0 Å². The number of hydrogen-bond acceptors (Lipinski definition) is 5. The zero-order valence-corrected chi connectivity index (χ0v) is 6.73. The Morgan fingerprint density at radius 2 is 2.50 bits per heavy atom. The van der Waals surface area contributed by atoms with Gasteiger partial charge in [-0.25, -0.2) is 9.97 Å². The monoisotopic (exact) mass is 180 g/mol. The van der Waals surface area contributed by atoms with Crippen LogP contribution in [0, 0.1) is 0 Å². The quantitative estimate of drug-likeness (QED) is 0.633. The maximum atomic E-state index is 10.3. The molecule has 0 amide bonds. The fourth-order valence-electron chi connectivity index (χ4n) is 0.743. The number of hydrogen-bond donors (Lipinski definition) is 0. The van der Waals surface area contributed by atoms with E-state index in [1.54, 1.807) is 5.38 Å². The van der Waals surface area contributed by atoms with Crippen molar-refractivity contribution in [2.75, 3.05) is 0 Å². The molecule has 0 N–H and O–H groups in total. The normalized spacial score (nSPS) is 10.0. The summed E-state index contributed by atoms with van der Waals surface area (Å²) in [6, 6.07) is 0. The predicted octanol–water partition coefficient (Wildman–Crippen LogP) is 0.536. The van der Waals surface area contributed by atoms with Crippen LogP contribution in [0.25, 0.3) is 5.13 Å². The van der Waals surface area contributed by atoms with Crippen LogP contribution in [-0.4, -0.2) is 26.0 Å². The summed E-state index contributed by atoms with van der Waals surface area (Å²) in [4.78, 5) is 18.0. The van der Waals surface area contributed by atoms with Crippen LogP contribution in [0.4, 0.5) is 0 Å². The Morgan fingerprint density at radius 1 is 1.58 bits per heavy atom. The van der Waals surface area contributed by atoms with Crippen LogP contribution in [0.2, 0.25) is 0 Å². The standard InChI is InChI=1S/C6H4N4OS/c11-1-5-2-12-6(9-5)10-4-7-3-8-10/h1-4H. The van der Waals surface area contributed by atoms with Crippen molar-refractivity contribution in [1.82, 2.24) is 19.7 Å². The van der Waals surface area contributed by atoms with E-state index in [-0.39, 0.29) is 0 Å². The Labute approximate surface area is 71.7 Å². The van der Waals surface area contributed by atoms with Crippen molar-refractivity contribution in [3.63, 3.8) is 0 Å². The molecule has 12 heavy (non-hydrogen) atoms. The van der Waals surface area contributed by atoms with Crippen molar-refractivity contribution in [2.24, 2.45) is 0 Å². The van der Waals surface area contributed by atoms with E-state index >= 15 is 0 Å². The molecule has 0 fully saturated rings. The van der Waals surface area contributed by atoms with E-state index in [0.29, 0.717) is 17.1 Å². The third kappa shape index (κ3) is 1.12. The molecule has 0 spiro atoms. The molecule has 5 nitrogen and oxygen atoms in total. The molecule has 2 rings (SSSR count). The Kier molecular flexibility index (Phi) is 1.67. The summed E-state index contributed by atoms with van der Waals surface area (Å²) in [6.07, 6.45) is 3.66. The number of rotatable bonds is 2. The Bertz CT molecular complexity index is 380. The van der Waals surface area contributed by atoms with Crippen LogP contribution in [-0.2, 0) is 0 Å². The fourth-order valence-corrected chi connectivity index (χ4v) is 1.44. The van der Waals surface area contributed by atoms with Gasteiger partial charge in [0.2, 0.25) is 5.13 Å². The molecule has 60 valence electrons. The van der Waals surface area contributed by atoms with Gasteiger partial charge < -0.3 is 0 Å². The summed E-state index contributed by atoms with van der Waals surface area (Å²) < 4.78 is 1.51. The van der Waals surface area contributed by atoms with E-state index in [1.165, 1.54) is 28.7 Å². The van der Waals surface area contributed by atoms with Gasteiger partial charge in [0.25, 0.3) is 0 Å². The molecule has 0 saturated carbocycles. The lowest BCUT2D eigenvalue weighted by Crippen LogP contribution is -1.93. The summed E-state index contributed by atoms with van der Waals surface area (Å²) >= 11 is 1.35. The predicted molar refractivity (Wildman–Crippen MR) is 42.4 cm³/mol. The SMILES string of the molecule is O=Cc1csc(-n2cncn2)n1. The first-order valence-corrected chi connectivity index (χ1v) is 4.04. The second kappa shape index (κ2) is 2.82. The van der Waals surface area contributed by atoms with Gasteiger partial charge in [0.1, 0.15) is 18.3 Å². The van der Waals surface area contributed by atoms with E-state index in [2.05, 4.69) is 15.1 Å². The van der Waals surface area contributed by atoms with Crippen LogP contribution in [0.3, 0.4) is 0 Å². The van der Waals surface area contributed by atoms with Gasteiger partial charge in [-0.1, -0.05) is 0 Å². The number of carbonyl (C=O) groups is 1. The Morgan fingerprint density at radius 3 is 3.08 bits per heavy atom. The molecule has 0 saturated heterocycles. The lowest BCUT2D eigenvalue weighted by Gasteiger charge is -1.88. The summed E-state index contributed by atoms with van der Waals surface area (Å²) in [5.74, 6) is 0. The van der Waals surface area contributed by atoms with Gasteiger partial charge in [0.05, 0.1) is 0 Å². The average molecular weight is 180 g/mol. The van der Waals surface area contributed by atoms with E-state index in [9.17, 15) is 4.79 Å². The molecule has 0 bridgehead atoms. The third-order valence-electron chi connectivity index (χ3n) is 1.25. The van der Waals surface area contributed by atoms with Crippen molar-refractivity contribution >= 4 is 17.6 Å². The van der Waals surface area contributed by atoms with Gasteiger partial charge >= 0.3 is 0 Å². The van der Waals surface area contributed by atoms with E-state index < -0.39 is 0 Å². The van der Waals surface area contributed by atoms with Gasteiger partial charge in [0.15, 0.2) is 6.29 Å². The van der Waals surface area contributed by atoms with Crippen LogP contribution >= 0.6 is 11.3 Å². The number of aromatic nitrogens is 4. The molecule has 0 aromatic carbocycles. The number of thiazole rings is 1. The first-order chi connectivity index (χ1) is 5.90. The highest BCUT2D eigenvalue weighted by molar-refractivity contribution is 7.12. The third-order valence-corrected chi connectivity index (χ3v) is 2.09. The second-order valence-corrected chi connectivity index (χ2v) is 2.85. The number of nitrogens with zero attached hydrogens (tertiary/aromatic N) is 4. The first kappa shape index (κ1) is 7.11. The molecule has 0 aliphatic rings. The van der Waals surface area contributed by atoms with Crippen molar-refractivity contribution in [2.45, 2.75) is 0 Å². The van der Waals surface area contributed by atoms with Gasteiger partial charge in [0, 0.05) is 5.38 Å². The van der Waals surface area contributed by atoms with Crippen molar-refractivity contribution in [3.8, 4) is 5.13 Å². The minimum atomic E-state index is 0.422. The van der Waals surface area contributed by atoms with Crippen molar-refractivity contribution < 1.29 is 4.79 Å². The topological polar surface area (TPSA) is 60.7 Å². The average Bonchev–Trinajstić information content (AvgIpc) is 2.75.